The van der Waals surface area contributed by atoms with E-state index >= 15 is 0 Å². The lowest BCUT2D eigenvalue weighted by atomic mass is 9.99. The number of benzene rings is 2. The molecular formula is C26H34N2O5. The first kappa shape index (κ1) is 24.7. The monoisotopic (exact) mass is 454 g/mol. The molecule has 3 rings (SSSR count). The molecule has 0 fully saturated rings. The zero-order chi connectivity index (χ0) is 23.6. The smallest absolute Gasteiger partial charge is 0.305 e. The van der Waals surface area contributed by atoms with Crippen LogP contribution in [-0.4, -0.2) is 61.3 Å². The van der Waals surface area contributed by atoms with Crippen LogP contribution in [0.5, 0.6) is 5.75 Å². The van der Waals surface area contributed by atoms with Gasteiger partial charge < -0.3 is 19.9 Å². The molecule has 7 heteroatoms. The van der Waals surface area contributed by atoms with Gasteiger partial charge in [0.25, 0.3) is 5.91 Å². The van der Waals surface area contributed by atoms with Crippen molar-refractivity contribution in [1.29, 1.82) is 0 Å². The molecule has 2 aromatic carbocycles. The third-order valence-corrected chi connectivity index (χ3v) is 5.40. The molecule has 1 aliphatic heterocycles. The minimum atomic E-state index is -0.943. The second-order valence-corrected chi connectivity index (χ2v) is 8.81. The van der Waals surface area contributed by atoms with Gasteiger partial charge in [0.1, 0.15) is 12.4 Å². The fourth-order valence-electron chi connectivity index (χ4n) is 3.96. The Morgan fingerprint density at radius 3 is 2.70 bits per heavy atom. The molecule has 0 saturated heterocycles. The Morgan fingerprint density at radius 2 is 1.91 bits per heavy atom. The first-order valence-corrected chi connectivity index (χ1v) is 11.5. The first-order valence-electron chi connectivity index (χ1n) is 11.5. The Balaban J connectivity index is 1.83. The summed E-state index contributed by atoms with van der Waals surface area (Å²) < 4.78 is 11.8. The maximum absolute atomic E-state index is 12.5. The normalized spacial score (nSPS) is 15.2. The number of ether oxygens (including phenoxy) is 2. The number of carboxylic acid groups (broad SMARTS) is 1. The van der Waals surface area contributed by atoms with Crippen LogP contribution in [0.4, 0.5) is 0 Å². The van der Waals surface area contributed by atoms with Gasteiger partial charge in [0.15, 0.2) is 0 Å². The van der Waals surface area contributed by atoms with Crippen LogP contribution in [0.2, 0.25) is 0 Å². The number of aliphatic carboxylic acids is 1. The van der Waals surface area contributed by atoms with E-state index in [0.29, 0.717) is 37.7 Å². The summed E-state index contributed by atoms with van der Waals surface area (Å²) in [4.78, 5) is 25.6. The third-order valence-electron chi connectivity index (χ3n) is 5.40. The van der Waals surface area contributed by atoms with Crippen molar-refractivity contribution in [2.75, 3.05) is 39.5 Å². The second-order valence-electron chi connectivity index (χ2n) is 8.81. The van der Waals surface area contributed by atoms with Crippen LogP contribution in [0.1, 0.15) is 47.3 Å². The van der Waals surface area contributed by atoms with Gasteiger partial charge >= 0.3 is 5.97 Å². The molecule has 7 nitrogen and oxygen atoms in total. The lowest BCUT2D eigenvalue weighted by molar-refractivity contribution is -0.136. The number of amides is 1. The maximum atomic E-state index is 12.5. The van der Waals surface area contributed by atoms with Crippen molar-refractivity contribution in [1.82, 2.24) is 10.2 Å². The van der Waals surface area contributed by atoms with Gasteiger partial charge in [-0.15, -0.1) is 0 Å². The Kier molecular flexibility index (Phi) is 9.27. The van der Waals surface area contributed by atoms with E-state index in [0.717, 1.165) is 36.5 Å². The molecule has 1 aliphatic rings. The van der Waals surface area contributed by atoms with Crippen molar-refractivity contribution >= 4 is 11.9 Å². The highest BCUT2D eigenvalue weighted by atomic mass is 16.5. The summed E-state index contributed by atoms with van der Waals surface area (Å²) in [5, 5.41) is 11.4. The average Bonchev–Trinajstić information content (AvgIpc) is 2.75. The number of carboxylic acids is 1. The summed E-state index contributed by atoms with van der Waals surface area (Å²) in [6.07, 6.45) is 0.519. The molecule has 0 aromatic heterocycles. The summed E-state index contributed by atoms with van der Waals surface area (Å²) in [5.74, 6) is 0.0637. The number of carbonyl (C=O) groups excluding carboxylic acids is 1. The maximum Gasteiger partial charge on any atom is 0.305 e. The third kappa shape index (κ3) is 8.18. The van der Waals surface area contributed by atoms with Gasteiger partial charge in [-0.1, -0.05) is 38.1 Å². The molecule has 33 heavy (non-hydrogen) atoms. The van der Waals surface area contributed by atoms with E-state index in [2.05, 4.69) is 48.3 Å². The molecule has 0 spiro atoms. The predicted molar refractivity (Wildman–Crippen MR) is 127 cm³/mol. The van der Waals surface area contributed by atoms with E-state index < -0.39 is 5.97 Å². The fraction of sp³-hybridized carbons (Fsp3) is 0.462. The molecule has 0 unspecified atom stereocenters. The molecule has 0 atom stereocenters. The molecular weight excluding hydrogens is 420 g/mol. The van der Waals surface area contributed by atoms with E-state index in [1.54, 1.807) is 6.07 Å². The standard InChI is InChI=1S/C26H34N2O5/c1-19(2)17-28-10-11-32-12-13-33-24-7-6-22(26(31)27-9-8-25(29)30)16-23(24)15-20-4-3-5-21(14-20)18-28/h3-7,14,16,19H,8-13,15,17-18H2,1-2H3,(H,27,31)(H,29,30). The summed E-state index contributed by atoms with van der Waals surface area (Å²) in [5.41, 5.74) is 3.79. The molecule has 2 N–H and O–H groups in total. The van der Waals surface area contributed by atoms with E-state index in [1.807, 2.05) is 12.1 Å². The molecule has 2 aromatic rings. The van der Waals surface area contributed by atoms with Gasteiger partial charge in [-0.05, 0) is 40.8 Å². The van der Waals surface area contributed by atoms with E-state index in [9.17, 15) is 9.59 Å². The van der Waals surface area contributed by atoms with Gasteiger partial charge in [0.05, 0.1) is 19.6 Å². The quantitative estimate of drug-likeness (QED) is 0.696. The van der Waals surface area contributed by atoms with Crippen LogP contribution in [0.15, 0.2) is 42.5 Å². The zero-order valence-electron chi connectivity index (χ0n) is 19.5. The number of nitrogens with zero attached hydrogens (tertiary/aromatic N) is 1. The largest absolute Gasteiger partial charge is 0.491 e. The Bertz CT molecular complexity index is 944. The average molecular weight is 455 g/mol. The van der Waals surface area contributed by atoms with Crippen LogP contribution >= 0.6 is 0 Å². The topological polar surface area (TPSA) is 88.1 Å². The van der Waals surface area contributed by atoms with E-state index in [1.165, 1.54) is 5.56 Å². The van der Waals surface area contributed by atoms with Crippen molar-refractivity contribution in [2.45, 2.75) is 33.2 Å². The van der Waals surface area contributed by atoms with Crippen molar-refractivity contribution in [3.8, 4) is 5.75 Å². The van der Waals surface area contributed by atoms with Gasteiger partial charge in [0.2, 0.25) is 0 Å². The Labute approximate surface area is 195 Å². The fourth-order valence-corrected chi connectivity index (χ4v) is 3.96. The van der Waals surface area contributed by atoms with Crippen molar-refractivity contribution in [2.24, 2.45) is 5.92 Å². The van der Waals surface area contributed by atoms with Crippen molar-refractivity contribution in [3.63, 3.8) is 0 Å². The van der Waals surface area contributed by atoms with E-state index in [4.69, 9.17) is 14.6 Å². The van der Waals surface area contributed by atoms with Crippen LogP contribution in [0.3, 0.4) is 0 Å². The number of hydrogen-bond acceptors (Lipinski definition) is 5. The van der Waals surface area contributed by atoms with Gasteiger partial charge in [-0.2, -0.15) is 0 Å². The minimum absolute atomic E-state index is 0.0913. The summed E-state index contributed by atoms with van der Waals surface area (Å²) >= 11 is 0. The molecule has 2 bridgehead atoms. The first-order chi connectivity index (χ1) is 15.9. The van der Waals surface area contributed by atoms with Crippen molar-refractivity contribution in [3.05, 3.63) is 64.7 Å². The molecule has 0 saturated carbocycles. The predicted octanol–water partition coefficient (Wildman–Crippen LogP) is 3.35. The van der Waals surface area contributed by atoms with Crippen LogP contribution in [0, 0.1) is 5.92 Å². The summed E-state index contributed by atoms with van der Waals surface area (Å²) in [7, 11) is 0. The van der Waals surface area contributed by atoms with Crippen LogP contribution < -0.4 is 10.1 Å². The highest BCUT2D eigenvalue weighted by Crippen LogP contribution is 2.24. The van der Waals surface area contributed by atoms with Gasteiger partial charge in [0, 0.05) is 38.2 Å². The lowest BCUT2D eigenvalue weighted by Gasteiger charge is -2.25. The number of fused-ring (bicyclic) bond motifs is 3. The second kappa shape index (κ2) is 12.4. The Hall–Kier alpha value is -2.90. The number of carbonyl (C=O) groups is 2. The van der Waals surface area contributed by atoms with E-state index in [-0.39, 0.29) is 18.9 Å². The van der Waals surface area contributed by atoms with Gasteiger partial charge in [-0.25, -0.2) is 0 Å². The number of rotatable bonds is 6. The number of hydrogen-bond donors (Lipinski definition) is 2. The molecule has 0 aliphatic carbocycles. The molecule has 1 heterocycles. The minimum Gasteiger partial charge on any atom is -0.491 e. The molecule has 178 valence electrons. The summed E-state index contributed by atoms with van der Waals surface area (Å²) in [6.45, 7) is 8.87. The number of nitrogens with one attached hydrogen (secondary N) is 1. The lowest BCUT2D eigenvalue weighted by Crippen LogP contribution is -2.31. The highest BCUT2D eigenvalue weighted by Gasteiger charge is 2.14. The van der Waals surface area contributed by atoms with Crippen LogP contribution in [0.25, 0.3) is 0 Å². The van der Waals surface area contributed by atoms with Crippen molar-refractivity contribution < 1.29 is 24.2 Å². The van der Waals surface area contributed by atoms with Gasteiger partial charge in [-0.3, -0.25) is 14.5 Å². The molecule has 1 amide bonds. The Morgan fingerprint density at radius 1 is 1.09 bits per heavy atom. The SMILES string of the molecule is CC(C)CN1CCOCCOc2ccc(C(=O)NCCC(=O)O)cc2Cc2cccc(c2)C1. The highest BCUT2D eigenvalue weighted by molar-refractivity contribution is 5.94. The summed E-state index contributed by atoms with van der Waals surface area (Å²) in [6, 6.07) is 13.9. The van der Waals surface area contributed by atoms with Crippen LogP contribution in [-0.2, 0) is 22.5 Å². The zero-order valence-corrected chi connectivity index (χ0v) is 19.5. The molecule has 0 radical (unpaired) electrons.